The highest BCUT2D eigenvalue weighted by Gasteiger charge is 2.26. The van der Waals surface area contributed by atoms with E-state index >= 15 is 0 Å². The molecule has 29 heavy (non-hydrogen) atoms. The number of aromatic nitrogens is 2. The highest BCUT2D eigenvalue weighted by atomic mass is 16.3. The number of unbranched alkanes of at least 4 members (excludes halogenated alkanes) is 4. The van der Waals surface area contributed by atoms with Gasteiger partial charge in [-0.1, -0.05) is 32.6 Å². The highest BCUT2D eigenvalue weighted by Crippen LogP contribution is 2.23. The molecule has 0 atom stereocenters. The van der Waals surface area contributed by atoms with Crippen molar-refractivity contribution in [3.05, 3.63) is 35.4 Å². The van der Waals surface area contributed by atoms with Gasteiger partial charge in [0.25, 0.3) is 5.91 Å². The maximum Gasteiger partial charge on any atom is 0.289 e. The van der Waals surface area contributed by atoms with Crippen molar-refractivity contribution in [2.24, 2.45) is 0 Å². The highest BCUT2D eigenvalue weighted by molar-refractivity contribution is 5.91. The maximum atomic E-state index is 12.2. The predicted molar refractivity (Wildman–Crippen MR) is 114 cm³/mol. The molecule has 0 spiro atoms. The second-order valence-corrected chi connectivity index (χ2v) is 6.48. The molecule has 0 aliphatic carbocycles. The van der Waals surface area contributed by atoms with Crippen LogP contribution in [0.3, 0.4) is 0 Å². The minimum atomic E-state index is -0.160. The Morgan fingerprint density at radius 2 is 1.97 bits per heavy atom. The molecule has 1 aliphatic rings. The van der Waals surface area contributed by atoms with Crippen LogP contribution in [0.5, 0.6) is 0 Å². The van der Waals surface area contributed by atoms with Crippen LogP contribution >= 0.6 is 0 Å². The van der Waals surface area contributed by atoms with E-state index in [-0.39, 0.29) is 11.9 Å². The van der Waals surface area contributed by atoms with Crippen LogP contribution in [0.4, 0.5) is 11.8 Å². The molecule has 8 heteroatoms. The molecule has 3 heterocycles. The number of furan rings is 1. The number of nitrogen functional groups attached to an aromatic ring is 2. The second kappa shape index (κ2) is 13.2. The number of amides is 1. The number of hydrogen-bond donors (Lipinski definition) is 3. The Bertz CT molecular complexity index is 753. The summed E-state index contributed by atoms with van der Waals surface area (Å²) in [4.78, 5) is 21.9. The molecule has 0 saturated heterocycles. The first-order valence-electron chi connectivity index (χ1n) is 9.74. The third-order valence-electron chi connectivity index (χ3n) is 4.39. The summed E-state index contributed by atoms with van der Waals surface area (Å²) in [5.74, 6) is 0.659. The molecule has 0 aromatic carbocycles. The van der Waals surface area contributed by atoms with Crippen molar-refractivity contribution >= 4 is 17.7 Å². The fraction of sp³-hybridized carbons (Fsp3) is 0.476. The van der Waals surface area contributed by atoms with Gasteiger partial charge in [0.05, 0.1) is 18.5 Å². The Morgan fingerprint density at radius 3 is 2.59 bits per heavy atom. The number of rotatable bonds is 6. The van der Waals surface area contributed by atoms with E-state index in [1.54, 1.807) is 17.0 Å². The van der Waals surface area contributed by atoms with E-state index in [1.165, 1.54) is 31.9 Å². The van der Waals surface area contributed by atoms with Crippen LogP contribution in [0.25, 0.3) is 0 Å². The van der Waals surface area contributed by atoms with E-state index in [9.17, 15) is 4.79 Å². The summed E-state index contributed by atoms with van der Waals surface area (Å²) >= 11 is 0. The summed E-state index contributed by atoms with van der Waals surface area (Å²) in [5, 5.41) is 8.37. The molecule has 158 valence electrons. The van der Waals surface area contributed by atoms with Gasteiger partial charge in [0.15, 0.2) is 5.76 Å². The minimum absolute atomic E-state index is 0.160. The van der Waals surface area contributed by atoms with Crippen molar-refractivity contribution in [1.82, 2.24) is 14.9 Å². The molecule has 0 unspecified atom stereocenters. The number of anilines is 2. The van der Waals surface area contributed by atoms with E-state index < -0.39 is 0 Å². The van der Waals surface area contributed by atoms with E-state index in [1.807, 2.05) is 0 Å². The molecule has 0 fully saturated rings. The lowest BCUT2D eigenvalue weighted by atomic mass is 10.1. The van der Waals surface area contributed by atoms with Crippen LogP contribution in [-0.4, -0.2) is 39.0 Å². The summed E-state index contributed by atoms with van der Waals surface area (Å²) in [5.41, 5.74) is 13.0. The first-order chi connectivity index (χ1) is 14.1. The number of aliphatic hydroxyl groups is 1. The van der Waals surface area contributed by atoms with Crippen LogP contribution in [0.15, 0.2) is 22.8 Å². The molecular formula is C21H31N5O3. The minimum Gasteiger partial charge on any atom is -0.459 e. The van der Waals surface area contributed by atoms with Gasteiger partial charge in [-0.05, 0) is 18.6 Å². The van der Waals surface area contributed by atoms with Crippen LogP contribution < -0.4 is 11.5 Å². The Morgan fingerprint density at radius 1 is 1.24 bits per heavy atom. The largest absolute Gasteiger partial charge is 0.459 e. The van der Waals surface area contributed by atoms with Crippen molar-refractivity contribution in [3.63, 3.8) is 0 Å². The van der Waals surface area contributed by atoms with Crippen LogP contribution in [-0.2, 0) is 13.0 Å². The summed E-state index contributed by atoms with van der Waals surface area (Å²) in [6, 6.07) is 3.32. The lowest BCUT2D eigenvalue weighted by molar-refractivity contribution is 0.0701. The molecule has 3 rings (SSSR count). The fourth-order valence-corrected chi connectivity index (χ4v) is 2.90. The van der Waals surface area contributed by atoms with Gasteiger partial charge in [0.2, 0.25) is 5.95 Å². The molecular weight excluding hydrogens is 370 g/mol. The summed E-state index contributed by atoms with van der Waals surface area (Å²) in [6.45, 7) is 3.49. The Balaban J connectivity index is 0.000000358. The lowest BCUT2D eigenvalue weighted by Crippen LogP contribution is -2.37. The van der Waals surface area contributed by atoms with Crippen molar-refractivity contribution in [3.8, 4) is 12.8 Å². The molecule has 2 aromatic heterocycles. The average Bonchev–Trinajstić information content (AvgIpc) is 3.27. The second-order valence-electron chi connectivity index (χ2n) is 6.48. The summed E-state index contributed by atoms with van der Waals surface area (Å²) < 4.78 is 5.11. The number of carbonyl (C=O) groups is 1. The van der Waals surface area contributed by atoms with Gasteiger partial charge in [-0.3, -0.25) is 4.79 Å². The Kier molecular flexibility index (Phi) is 10.9. The zero-order valence-electron chi connectivity index (χ0n) is 17.0. The van der Waals surface area contributed by atoms with Gasteiger partial charge in [-0.15, -0.1) is 12.8 Å². The number of aliphatic hydroxyl groups excluding tert-OH is 1. The number of fused-ring (bicyclic) bond motifs is 1. The zero-order chi connectivity index (χ0) is 21.6. The van der Waals surface area contributed by atoms with E-state index in [0.29, 0.717) is 37.7 Å². The van der Waals surface area contributed by atoms with Crippen molar-refractivity contribution in [1.29, 1.82) is 0 Å². The monoisotopic (exact) mass is 401 g/mol. The van der Waals surface area contributed by atoms with E-state index in [4.69, 9.17) is 21.0 Å². The Hall–Kier alpha value is -3.05. The summed E-state index contributed by atoms with van der Waals surface area (Å²) in [7, 11) is 0. The molecule has 0 bridgehead atoms. The average molecular weight is 402 g/mol. The molecule has 0 radical (unpaired) electrons. The van der Waals surface area contributed by atoms with Crippen LogP contribution in [0.1, 0.15) is 60.8 Å². The zero-order valence-corrected chi connectivity index (χ0v) is 17.0. The molecule has 8 nitrogen and oxygen atoms in total. The fourth-order valence-electron chi connectivity index (χ4n) is 2.90. The maximum absolute atomic E-state index is 12.2. The standard InChI is InChI=1S/C12H13N5O2.C7H16O.C2H2/c13-10-7-6-17(11(18)9-2-1-5-19-9)4-3-8(7)15-12(14)16-10;1-2-3-4-5-6-7-8;1-2/h1-2,5H,3-4,6H2,(H4,13,14,15,16);8H,2-7H2,1H3;1-2H. The first-order valence-corrected chi connectivity index (χ1v) is 9.74. The van der Waals surface area contributed by atoms with Crippen molar-refractivity contribution in [2.75, 3.05) is 24.6 Å². The number of terminal acetylenes is 1. The number of hydrogen-bond acceptors (Lipinski definition) is 7. The van der Waals surface area contributed by atoms with E-state index in [2.05, 4.69) is 29.7 Å². The van der Waals surface area contributed by atoms with Crippen LogP contribution in [0.2, 0.25) is 0 Å². The number of nitrogens with two attached hydrogens (primary N) is 2. The van der Waals surface area contributed by atoms with Crippen LogP contribution in [0, 0.1) is 12.8 Å². The third kappa shape index (κ3) is 7.47. The van der Waals surface area contributed by atoms with Gasteiger partial charge in [-0.2, -0.15) is 4.98 Å². The smallest absolute Gasteiger partial charge is 0.289 e. The van der Waals surface area contributed by atoms with Gasteiger partial charge in [-0.25, -0.2) is 4.98 Å². The number of nitrogens with zero attached hydrogens (tertiary/aromatic N) is 3. The third-order valence-corrected chi connectivity index (χ3v) is 4.39. The lowest BCUT2D eigenvalue weighted by Gasteiger charge is -2.28. The molecule has 1 amide bonds. The molecule has 5 N–H and O–H groups in total. The quantitative estimate of drug-likeness (QED) is 0.501. The van der Waals surface area contributed by atoms with Crippen molar-refractivity contribution in [2.45, 2.75) is 52.0 Å². The van der Waals surface area contributed by atoms with Gasteiger partial charge in [0, 0.05) is 25.1 Å². The van der Waals surface area contributed by atoms with Gasteiger partial charge < -0.3 is 25.9 Å². The number of carbonyl (C=O) groups excluding carboxylic acids is 1. The first kappa shape index (κ1) is 24.0. The van der Waals surface area contributed by atoms with E-state index in [0.717, 1.165) is 17.7 Å². The normalized spacial score (nSPS) is 12.1. The van der Waals surface area contributed by atoms with Crippen molar-refractivity contribution < 1.29 is 14.3 Å². The summed E-state index contributed by atoms with van der Waals surface area (Å²) in [6.07, 6.45) is 16.2. The molecule has 0 saturated carbocycles. The Labute approximate surface area is 172 Å². The molecule has 2 aromatic rings. The SMILES string of the molecule is C#C.CCCCCCCO.Nc1nc(N)c2c(n1)CCN(C(=O)c1ccco1)C2. The van der Waals surface area contributed by atoms with Gasteiger partial charge >= 0.3 is 0 Å². The molecule has 1 aliphatic heterocycles. The predicted octanol–water partition coefficient (Wildman–Crippen LogP) is 2.63. The topological polar surface area (TPSA) is 132 Å². The van der Waals surface area contributed by atoms with Gasteiger partial charge in [0.1, 0.15) is 5.82 Å².